The van der Waals surface area contributed by atoms with Crippen molar-refractivity contribution in [3.8, 4) is 23.8 Å². The van der Waals surface area contributed by atoms with E-state index in [-0.39, 0.29) is 16.5 Å². The van der Waals surface area contributed by atoms with Gasteiger partial charge in [-0.1, -0.05) is 35.2 Å². The molecule has 2 rings (SSSR count). The molecule has 0 unspecified atom stereocenters. The van der Waals surface area contributed by atoms with Gasteiger partial charge in [0.15, 0.2) is 11.5 Å². The highest BCUT2D eigenvalue weighted by molar-refractivity contribution is 7.89. The van der Waals surface area contributed by atoms with Crippen molar-refractivity contribution in [2.45, 2.75) is 18.7 Å². The van der Waals surface area contributed by atoms with E-state index in [0.717, 1.165) is 5.56 Å². The molecule has 1 N–H and O–H groups in total. The monoisotopic (exact) mass is 406 g/mol. The Hall–Kier alpha value is -2.69. The first kappa shape index (κ1) is 20.6. The highest BCUT2D eigenvalue weighted by Gasteiger charge is 2.13. The molecule has 27 heavy (non-hydrogen) atoms. The maximum Gasteiger partial charge on any atom is 0.276 e. The van der Waals surface area contributed by atoms with Crippen molar-refractivity contribution in [1.29, 1.82) is 0 Å². The first-order valence-electron chi connectivity index (χ1n) is 8.01. The maximum atomic E-state index is 12.2. The van der Waals surface area contributed by atoms with Crippen LogP contribution in [0.25, 0.3) is 0 Å². The summed E-state index contributed by atoms with van der Waals surface area (Å²) < 4.78 is 35.4. The van der Waals surface area contributed by atoms with Crippen molar-refractivity contribution >= 4 is 27.8 Å². The quantitative estimate of drug-likeness (QED) is 0.414. The average molecular weight is 407 g/mol. The number of hydrogen-bond donors (Lipinski definition) is 1. The molecule has 0 spiro atoms. The second kappa shape index (κ2) is 9.31. The lowest BCUT2D eigenvalue weighted by atomic mass is 10.2. The minimum atomic E-state index is -3.76. The second-order valence-electron chi connectivity index (χ2n) is 5.42. The molecule has 0 aromatic heterocycles. The SMILES string of the molecule is C#CCOc1c(Cl)cc(/C=N\NS(=O)(=O)c2ccc(C)cc2)cc1OCC. The van der Waals surface area contributed by atoms with Gasteiger partial charge in [-0.25, -0.2) is 4.83 Å². The molecular weight excluding hydrogens is 388 g/mol. The number of rotatable bonds is 8. The van der Waals surface area contributed by atoms with Gasteiger partial charge in [0.1, 0.15) is 6.61 Å². The van der Waals surface area contributed by atoms with Crippen molar-refractivity contribution in [2.24, 2.45) is 5.10 Å². The third-order valence-electron chi connectivity index (χ3n) is 3.35. The van der Waals surface area contributed by atoms with Crippen LogP contribution in [0.1, 0.15) is 18.1 Å². The van der Waals surface area contributed by atoms with Gasteiger partial charge in [0.25, 0.3) is 10.0 Å². The van der Waals surface area contributed by atoms with E-state index in [9.17, 15) is 8.42 Å². The summed E-state index contributed by atoms with van der Waals surface area (Å²) in [6.07, 6.45) is 6.52. The molecule has 6 nitrogen and oxygen atoms in total. The number of terminal acetylenes is 1. The topological polar surface area (TPSA) is 77.0 Å². The van der Waals surface area contributed by atoms with Crippen molar-refractivity contribution in [1.82, 2.24) is 4.83 Å². The Morgan fingerprint density at radius 3 is 2.59 bits per heavy atom. The fraction of sp³-hybridized carbons (Fsp3) is 0.211. The molecule has 0 radical (unpaired) electrons. The molecule has 2 aromatic rings. The number of sulfonamides is 1. The molecule has 0 bridgehead atoms. The molecule has 0 aliphatic rings. The molecule has 0 heterocycles. The Labute approximate surface area is 164 Å². The van der Waals surface area contributed by atoms with Crippen molar-refractivity contribution < 1.29 is 17.9 Å². The molecule has 2 aromatic carbocycles. The molecular formula is C19H19ClN2O4S. The van der Waals surface area contributed by atoms with Crippen LogP contribution >= 0.6 is 11.6 Å². The number of aryl methyl sites for hydroxylation is 1. The number of hydrogen-bond acceptors (Lipinski definition) is 5. The van der Waals surface area contributed by atoms with Crippen LogP contribution < -0.4 is 14.3 Å². The Morgan fingerprint density at radius 1 is 1.26 bits per heavy atom. The summed E-state index contributed by atoms with van der Waals surface area (Å²) >= 11 is 6.21. The van der Waals surface area contributed by atoms with E-state index in [0.29, 0.717) is 23.7 Å². The van der Waals surface area contributed by atoms with E-state index in [1.54, 1.807) is 24.3 Å². The third-order valence-corrected chi connectivity index (χ3v) is 4.87. The summed E-state index contributed by atoms with van der Waals surface area (Å²) in [5.41, 5.74) is 1.49. The second-order valence-corrected chi connectivity index (χ2v) is 7.49. The normalized spacial score (nSPS) is 11.2. The molecule has 0 saturated carbocycles. The molecule has 0 fully saturated rings. The molecule has 0 aliphatic heterocycles. The van der Waals surface area contributed by atoms with E-state index in [1.807, 2.05) is 13.8 Å². The molecule has 0 aliphatic carbocycles. The van der Waals surface area contributed by atoms with Crippen LogP contribution in [0.4, 0.5) is 0 Å². The zero-order valence-corrected chi connectivity index (χ0v) is 16.5. The van der Waals surface area contributed by atoms with Crippen LogP contribution in [0, 0.1) is 19.3 Å². The van der Waals surface area contributed by atoms with Crippen molar-refractivity contribution in [3.63, 3.8) is 0 Å². The summed E-state index contributed by atoms with van der Waals surface area (Å²) in [5, 5.41) is 4.07. The molecule has 0 amide bonds. The lowest BCUT2D eigenvalue weighted by molar-refractivity contribution is 0.299. The zero-order valence-electron chi connectivity index (χ0n) is 14.9. The number of nitrogens with one attached hydrogen (secondary N) is 1. The Kier molecular flexibility index (Phi) is 7.11. The minimum Gasteiger partial charge on any atom is -0.490 e. The number of hydrazone groups is 1. The number of benzene rings is 2. The van der Waals surface area contributed by atoms with E-state index in [2.05, 4.69) is 15.9 Å². The van der Waals surface area contributed by atoms with Crippen molar-refractivity contribution in [2.75, 3.05) is 13.2 Å². The molecule has 8 heteroatoms. The summed E-state index contributed by atoms with van der Waals surface area (Å²) in [7, 11) is -3.76. The van der Waals surface area contributed by atoms with Gasteiger partial charge in [-0.2, -0.15) is 13.5 Å². The Morgan fingerprint density at radius 2 is 1.96 bits per heavy atom. The lowest BCUT2D eigenvalue weighted by Crippen LogP contribution is -2.18. The standard InChI is InChI=1S/C19H19ClN2O4S/c1-4-10-26-19-17(20)11-15(12-18(19)25-5-2)13-21-22-27(23,24)16-8-6-14(3)7-9-16/h1,6-9,11-13,22H,5,10H2,2-3H3/b21-13-. The van der Waals surface area contributed by atoms with Gasteiger partial charge in [-0.3, -0.25) is 0 Å². The predicted octanol–water partition coefficient (Wildman–Crippen LogP) is 3.37. The molecule has 0 atom stereocenters. The summed E-state index contributed by atoms with van der Waals surface area (Å²) in [5.74, 6) is 3.08. The average Bonchev–Trinajstić information content (AvgIpc) is 2.61. The third kappa shape index (κ3) is 5.64. The van der Waals surface area contributed by atoms with E-state index < -0.39 is 10.0 Å². The van der Waals surface area contributed by atoms with E-state index >= 15 is 0 Å². The van der Waals surface area contributed by atoms with Crippen LogP contribution in [-0.2, 0) is 10.0 Å². The van der Waals surface area contributed by atoms with Crippen LogP contribution in [0.5, 0.6) is 11.5 Å². The van der Waals surface area contributed by atoms with Crippen LogP contribution in [0.3, 0.4) is 0 Å². The number of halogens is 1. The highest BCUT2D eigenvalue weighted by Crippen LogP contribution is 2.36. The highest BCUT2D eigenvalue weighted by atomic mass is 35.5. The smallest absolute Gasteiger partial charge is 0.276 e. The zero-order chi connectivity index (χ0) is 19.9. The van der Waals surface area contributed by atoms with Gasteiger partial charge in [0, 0.05) is 0 Å². The minimum absolute atomic E-state index is 0.0452. The van der Waals surface area contributed by atoms with E-state index in [4.69, 9.17) is 27.5 Å². The Bertz CT molecular complexity index is 964. The number of nitrogens with zero attached hydrogens (tertiary/aromatic N) is 1. The van der Waals surface area contributed by atoms with Gasteiger partial charge in [0.2, 0.25) is 0 Å². The van der Waals surface area contributed by atoms with Crippen LogP contribution in [-0.4, -0.2) is 27.8 Å². The van der Waals surface area contributed by atoms with Gasteiger partial charge < -0.3 is 9.47 Å². The first-order valence-corrected chi connectivity index (χ1v) is 9.87. The fourth-order valence-electron chi connectivity index (χ4n) is 2.12. The maximum absolute atomic E-state index is 12.2. The van der Waals surface area contributed by atoms with E-state index in [1.165, 1.54) is 18.3 Å². The summed E-state index contributed by atoms with van der Waals surface area (Å²) in [6, 6.07) is 9.64. The van der Waals surface area contributed by atoms with Crippen LogP contribution in [0.2, 0.25) is 5.02 Å². The molecule has 142 valence electrons. The van der Waals surface area contributed by atoms with Crippen LogP contribution in [0.15, 0.2) is 46.4 Å². The van der Waals surface area contributed by atoms with Gasteiger partial charge >= 0.3 is 0 Å². The van der Waals surface area contributed by atoms with Crippen molar-refractivity contribution in [3.05, 3.63) is 52.5 Å². The van der Waals surface area contributed by atoms with Gasteiger partial charge in [-0.05, 0) is 43.7 Å². The largest absolute Gasteiger partial charge is 0.490 e. The summed E-state index contributed by atoms with van der Waals surface area (Å²) in [6.45, 7) is 4.13. The Balaban J connectivity index is 2.21. The fourth-order valence-corrected chi connectivity index (χ4v) is 3.18. The first-order chi connectivity index (χ1) is 12.9. The number of ether oxygens (including phenoxy) is 2. The molecule has 0 saturated heterocycles. The van der Waals surface area contributed by atoms with Gasteiger partial charge in [0.05, 0.1) is 22.7 Å². The van der Waals surface area contributed by atoms with Gasteiger partial charge in [-0.15, -0.1) is 6.42 Å². The predicted molar refractivity (Wildman–Crippen MR) is 106 cm³/mol. The summed E-state index contributed by atoms with van der Waals surface area (Å²) in [4.78, 5) is 2.28. The lowest BCUT2D eigenvalue weighted by Gasteiger charge is -2.12.